The van der Waals surface area contributed by atoms with E-state index in [2.05, 4.69) is 43.1 Å². The second-order valence-electron chi connectivity index (χ2n) is 4.43. The standard InChI is InChI=1S/C15H14BrN3O3S/c1-3-9-4-5-11(16)6-10(9)8-17-19-15-18-14(21)12(23-15)7-13(20)22-2/h4-8H,3H2,1-2H3,(H,18,19,21)/b12-7+,17-8?. The number of esters is 1. The molecule has 120 valence electrons. The lowest BCUT2D eigenvalue weighted by molar-refractivity contribution is -0.135. The molecule has 23 heavy (non-hydrogen) atoms. The summed E-state index contributed by atoms with van der Waals surface area (Å²) in [6.07, 6.45) is 3.63. The van der Waals surface area contributed by atoms with Gasteiger partial charge < -0.3 is 4.74 Å². The molecule has 1 aliphatic heterocycles. The number of carbonyl (C=O) groups is 2. The Morgan fingerprint density at radius 1 is 1.48 bits per heavy atom. The van der Waals surface area contributed by atoms with Crippen molar-refractivity contribution in [3.63, 3.8) is 0 Å². The van der Waals surface area contributed by atoms with E-state index in [9.17, 15) is 9.59 Å². The minimum absolute atomic E-state index is 0.225. The number of ether oxygens (including phenoxy) is 1. The van der Waals surface area contributed by atoms with Gasteiger partial charge in [-0.1, -0.05) is 28.9 Å². The van der Waals surface area contributed by atoms with Crippen LogP contribution in [0.15, 0.2) is 43.9 Å². The quantitative estimate of drug-likeness (QED) is 0.367. The van der Waals surface area contributed by atoms with Gasteiger partial charge in [-0.25, -0.2) is 4.79 Å². The Labute approximate surface area is 146 Å². The van der Waals surface area contributed by atoms with Crippen LogP contribution >= 0.6 is 27.7 Å². The third-order valence-corrected chi connectivity index (χ3v) is 4.33. The highest BCUT2D eigenvalue weighted by Crippen LogP contribution is 2.23. The number of thioether (sulfide) groups is 1. The molecule has 1 N–H and O–H groups in total. The van der Waals surface area contributed by atoms with Crippen LogP contribution in [-0.2, 0) is 20.7 Å². The van der Waals surface area contributed by atoms with Gasteiger partial charge in [0.15, 0.2) is 5.17 Å². The van der Waals surface area contributed by atoms with Gasteiger partial charge in [-0.05, 0) is 41.4 Å². The first kappa shape index (κ1) is 17.4. The van der Waals surface area contributed by atoms with Gasteiger partial charge in [-0.2, -0.15) is 5.10 Å². The fraction of sp³-hybridized carbons (Fsp3) is 0.200. The first-order chi connectivity index (χ1) is 11.0. The summed E-state index contributed by atoms with van der Waals surface area (Å²) in [5.74, 6) is -0.986. The van der Waals surface area contributed by atoms with Crippen LogP contribution in [0.5, 0.6) is 0 Å². The zero-order valence-corrected chi connectivity index (χ0v) is 14.9. The molecule has 0 atom stereocenters. The lowest BCUT2D eigenvalue weighted by Crippen LogP contribution is -2.19. The van der Waals surface area contributed by atoms with E-state index in [0.717, 1.165) is 39.9 Å². The molecular formula is C15H14BrN3O3S. The van der Waals surface area contributed by atoms with Crippen molar-refractivity contribution in [2.75, 3.05) is 7.11 Å². The van der Waals surface area contributed by atoms with Crippen LogP contribution in [0.1, 0.15) is 18.1 Å². The molecule has 1 saturated heterocycles. The minimum atomic E-state index is -0.589. The number of amides is 1. The molecule has 1 amide bonds. The third-order valence-electron chi connectivity index (χ3n) is 2.94. The van der Waals surface area contributed by atoms with Crippen LogP contribution in [-0.4, -0.2) is 30.4 Å². The third kappa shape index (κ3) is 4.77. The zero-order chi connectivity index (χ0) is 16.8. The maximum absolute atomic E-state index is 11.7. The largest absolute Gasteiger partial charge is 0.466 e. The number of nitrogens with zero attached hydrogens (tertiary/aromatic N) is 2. The average Bonchev–Trinajstić information content (AvgIpc) is 2.87. The summed E-state index contributed by atoms with van der Waals surface area (Å²) in [6, 6.07) is 5.94. The summed E-state index contributed by atoms with van der Waals surface area (Å²) in [5.41, 5.74) is 2.09. The Morgan fingerprint density at radius 3 is 2.96 bits per heavy atom. The summed E-state index contributed by atoms with van der Waals surface area (Å²) in [7, 11) is 1.25. The predicted molar refractivity (Wildman–Crippen MR) is 94.4 cm³/mol. The number of rotatable bonds is 4. The molecule has 1 aromatic carbocycles. The number of carbonyl (C=O) groups excluding carboxylic acids is 2. The normalized spacial score (nSPS) is 18.0. The van der Waals surface area contributed by atoms with Crippen molar-refractivity contribution in [3.8, 4) is 0 Å². The fourth-order valence-corrected chi connectivity index (χ4v) is 2.91. The first-order valence-electron chi connectivity index (χ1n) is 6.71. The number of methoxy groups -OCH3 is 1. The summed E-state index contributed by atoms with van der Waals surface area (Å²) in [5, 5.41) is 10.8. The molecular weight excluding hydrogens is 382 g/mol. The molecule has 0 bridgehead atoms. The molecule has 0 radical (unpaired) electrons. The van der Waals surface area contributed by atoms with Crippen molar-refractivity contribution in [2.45, 2.75) is 13.3 Å². The van der Waals surface area contributed by atoms with E-state index < -0.39 is 11.9 Å². The molecule has 1 heterocycles. The van der Waals surface area contributed by atoms with Crippen LogP contribution in [0.4, 0.5) is 0 Å². The van der Waals surface area contributed by atoms with Gasteiger partial charge in [0, 0.05) is 10.5 Å². The Balaban J connectivity index is 2.12. The first-order valence-corrected chi connectivity index (χ1v) is 8.32. The zero-order valence-electron chi connectivity index (χ0n) is 12.5. The highest BCUT2D eigenvalue weighted by atomic mass is 79.9. The molecule has 1 aliphatic rings. The van der Waals surface area contributed by atoms with Crippen LogP contribution in [0.25, 0.3) is 0 Å². The van der Waals surface area contributed by atoms with Crippen LogP contribution in [0, 0.1) is 0 Å². The SMILES string of the molecule is CCc1ccc(Br)cc1C=N/N=C1/NC(=O)/C(=C\C(=O)OC)S1. The summed E-state index contributed by atoms with van der Waals surface area (Å²) >= 11 is 4.46. The van der Waals surface area contributed by atoms with Crippen molar-refractivity contribution in [1.29, 1.82) is 0 Å². The number of nitrogens with one attached hydrogen (secondary N) is 1. The van der Waals surface area contributed by atoms with E-state index in [1.807, 2.05) is 18.2 Å². The van der Waals surface area contributed by atoms with Crippen molar-refractivity contribution in [3.05, 3.63) is 44.8 Å². The van der Waals surface area contributed by atoms with E-state index in [-0.39, 0.29) is 4.91 Å². The number of hydrogen-bond acceptors (Lipinski definition) is 6. The molecule has 8 heteroatoms. The Bertz CT molecular complexity index is 729. The number of aryl methyl sites for hydroxylation is 1. The Hall–Kier alpha value is -1.93. The monoisotopic (exact) mass is 395 g/mol. The van der Waals surface area contributed by atoms with Crippen LogP contribution in [0.2, 0.25) is 0 Å². The van der Waals surface area contributed by atoms with Gasteiger partial charge in [0.05, 0.1) is 18.2 Å². The average molecular weight is 396 g/mol. The maximum atomic E-state index is 11.7. The molecule has 0 spiro atoms. The second kappa shape index (κ2) is 8.07. The maximum Gasteiger partial charge on any atom is 0.331 e. The molecule has 0 aliphatic carbocycles. The Kier molecular flexibility index (Phi) is 6.12. The van der Waals surface area contributed by atoms with E-state index in [0.29, 0.717) is 5.17 Å². The van der Waals surface area contributed by atoms with Crippen molar-refractivity contribution in [1.82, 2.24) is 5.32 Å². The molecule has 1 aromatic rings. The molecule has 0 aromatic heterocycles. The number of hydrogen-bond donors (Lipinski definition) is 1. The van der Waals surface area contributed by atoms with Gasteiger partial charge >= 0.3 is 5.97 Å². The molecule has 1 fully saturated rings. The van der Waals surface area contributed by atoms with E-state index in [1.54, 1.807) is 6.21 Å². The van der Waals surface area contributed by atoms with Crippen LogP contribution in [0.3, 0.4) is 0 Å². The summed E-state index contributed by atoms with van der Waals surface area (Å²) in [4.78, 5) is 23.0. The molecule has 0 unspecified atom stereocenters. The topological polar surface area (TPSA) is 80.1 Å². The van der Waals surface area contributed by atoms with E-state index in [1.165, 1.54) is 7.11 Å². The summed E-state index contributed by atoms with van der Waals surface area (Å²) in [6.45, 7) is 2.06. The van der Waals surface area contributed by atoms with Gasteiger partial charge in [-0.3, -0.25) is 10.1 Å². The van der Waals surface area contributed by atoms with Crippen LogP contribution < -0.4 is 5.32 Å². The minimum Gasteiger partial charge on any atom is -0.466 e. The summed E-state index contributed by atoms with van der Waals surface area (Å²) < 4.78 is 5.44. The van der Waals surface area contributed by atoms with Gasteiger partial charge in [0.1, 0.15) is 0 Å². The Morgan fingerprint density at radius 2 is 2.26 bits per heavy atom. The molecule has 2 rings (SSSR count). The fourth-order valence-electron chi connectivity index (χ4n) is 1.79. The molecule has 0 saturated carbocycles. The van der Waals surface area contributed by atoms with Crippen molar-refractivity contribution in [2.24, 2.45) is 10.2 Å². The predicted octanol–water partition coefficient (Wildman–Crippen LogP) is 2.62. The highest BCUT2D eigenvalue weighted by Gasteiger charge is 2.24. The van der Waals surface area contributed by atoms with Crippen molar-refractivity contribution >= 4 is 51.0 Å². The number of benzene rings is 1. The van der Waals surface area contributed by atoms with Crippen molar-refractivity contribution < 1.29 is 14.3 Å². The smallest absolute Gasteiger partial charge is 0.331 e. The second-order valence-corrected chi connectivity index (χ2v) is 6.38. The molecule has 6 nitrogen and oxygen atoms in total. The number of amidine groups is 1. The lowest BCUT2D eigenvalue weighted by atomic mass is 10.1. The lowest BCUT2D eigenvalue weighted by Gasteiger charge is -2.02. The van der Waals surface area contributed by atoms with Gasteiger partial charge in [-0.15, -0.1) is 5.10 Å². The van der Waals surface area contributed by atoms with E-state index >= 15 is 0 Å². The number of halogens is 1. The van der Waals surface area contributed by atoms with Gasteiger partial charge in [0.25, 0.3) is 5.91 Å². The van der Waals surface area contributed by atoms with Gasteiger partial charge in [0.2, 0.25) is 0 Å². The highest BCUT2D eigenvalue weighted by molar-refractivity contribution is 9.10. The van der Waals surface area contributed by atoms with E-state index in [4.69, 9.17) is 0 Å².